The Kier molecular flexibility index (Phi) is 4.72. The van der Waals surface area contributed by atoms with Gasteiger partial charge in [0.15, 0.2) is 0 Å². The van der Waals surface area contributed by atoms with Gasteiger partial charge in [-0.1, -0.05) is 17.2 Å². The molecule has 1 amide bonds. The predicted octanol–water partition coefficient (Wildman–Crippen LogP) is 2.79. The highest BCUT2D eigenvalue weighted by Crippen LogP contribution is 2.16. The van der Waals surface area contributed by atoms with E-state index in [2.05, 4.69) is 15.5 Å². The highest BCUT2D eigenvalue weighted by Gasteiger charge is 2.12. The van der Waals surface area contributed by atoms with E-state index in [1.165, 1.54) is 0 Å². The van der Waals surface area contributed by atoms with E-state index in [-0.39, 0.29) is 11.9 Å². The van der Waals surface area contributed by atoms with Crippen LogP contribution in [-0.4, -0.2) is 23.2 Å². The number of nitriles is 1. The van der Waals surface area contributed by atoms with Crippen LogP contribution in [0, 0.1) is 11.3 Å². The molecule has 0 spiro atoms. The van der Waals surface area contributed by atoms with Crippen molar-refractivity contribution in [2.45, 2.75) is 6.42 Å². The molecule has 3 aromatic rings. The lowest BCUT2D eigenvalue weighted by atomic mass is 10.1. The highest BCUT2D eigenvalue weighted by atomic mass is 16.5. The van der Waals surface area contributed by atoms with Crippen LogP contribution in [-0.2, 0) is 6.42 Å². The van der Waals surface area contributed by atoms with Crippen molar-refractivity contribution in [2.24, 2.45) is 0 Å². The third-order valence-electron chi connectivity index (χ3n) is 3.48. The molecule has 0 atom stereocenters. The minimum absolute atomic E-state index is 0.0258. The number of ether oxygens (including phenoxy) is 1. The molecule has 0 aliphatic heterocycles. The predicted molar refractivity (Wildman–Crippen MR) is 89.2 cm³/mol. The monoisotopic (exact) mass is 334 g/mol. The number of amides is 1. The summed E-state index contributed by atoms with van der Waals surface area (Å²) in [7, 11) is 1.61. The van der Waals surface area contributed by atoms with Crippen LogP contribution < -0.4 is 10.1 Å². The Morgan fingerprint density at radius 1 is 1.16 bits per heavy atom. The van der Waals surface area contributed by atoms with Gasteiger partial charge in [-0.25, -0.2) is 0 Å². The van der Waals surface area contributed by atoms with E-state index < -0.39 is 0 Å². The number of carbonyl (C=O) groups excluding carboxylic acids is 1. The highest BCUT2D eigenvalue weighted by molar-refractivity contribution is 6.03. The van der Waals surface area contributed by atoms with Crippen molar-refractivity contribution in [3.63, 3.8) is 0 Å². The van der Waals surface area contributed by atoms with Crippen molar-refractivity contribution in [2.75, 3.05) is 12.4 Å². The van der Waals surface area contributed by atoms with Gasteiger partial charge in [-0.05, 0) is 42.0 Å². The molecule has 0 bridgehead atoms. The van der Waals surface area contributed by atoms with Crippen LogP contribution >= 0.6 is 0 Å². The number of nitrogens with one attached hydrogen (secondary N) is 1. The average Bonchev–Trinajstić information content (AvgIpc) is 3.09. The first-order valence-corrected chi connectivity index (χ1v) is 7.45. The number of hydrogen-bond acceptors (Lipinski definition) is 6. The number of benzene rings is 2. The normalized spacial score (nSPS) is 10.1. The number of aromatic nitrogens is 2. The molecule has 0 aliphatic carbocycles. The molecule has 7 heteroatoms. The average molecular weight is 334 g/mol. The van der Waals surface area contributed by atoms with Gasteiger partial charge < -0.3 is 9.15 Å². The fraction of sp³-hybridized carbons (Fsp3) is 0.111. The lowest BCUT2D eigenvalue weighted by molar-refractivity contribution is 0.102. The smallest absolute Gasteiger partial charge is 0.322 e. The van der Waals surface area contributed by atoms with Gasteiger partial charge in [0.2, 0.25) is 5.89 Å². The molecule has 0 fully saturated rings. The largest absolute Gasteiger partial charge is 0.497 e. The molecule has 25 heavy (non-hydrogen) atoms. The minimum atomic E-state index is -0.385. The lowest BCUT2D eigenvalue weighted by Gasteiger charge is -2.01. The van der Waals surface area contributed by atoms with E-state index in [0.29, 0.717) is 23.4 Å². The molecular formula is C18H14N4O3. The van der Waals surface area contributed by atoms with Crippen molar-refractivity contribution in [3.8, 4) is 11.8 Å². The second kappa shape index (κ2) is 7.27. The number of methoxy groups -OCH3 is 1. The molecule has 0 aliphatic rings. The van der Waals surface area contributed by atoms with Crippen molar-refractivity contribution in [3.05, 3.63) is 71.1 Å². The molecule has 0 radical (unpaired) electrons. The lowest BCUT2D eigenvalue weighted by Crippen LogP contribution is -2.12. The first-order valence-electron chi connectivity index (χ1n) is 7.45. The van der Waals surface area contributed by atoms with Crippen LogP contribution in [0.15, 0.2) is 52.9 Å². The van der Waals surface area contributed by atoms with Gasteiger partial charge in [-0.15, -0.1) is 5.10 Å². The quantitative estimate of drug-likeness (QED) is 0.770. The molecule has 7 nitrogen and oxygen atoms in total. The standard InChI is InChI=1S/C18H14N4O3/c1-24-15-8-4-12(5-9-15)10-16-21-22-18(25-16)20-17(23)14-6-2-13(11-19)3-7-14/h2-9H,10H2,1H3,(H,20,22,23). The second-order valence-corrected chi connectivity index (χ2v) is 5.17. The maximum absolute atomic E-state index is 12.1. The van der Waals surface area contributed by atoms with E-state index in [0.717, 1.165) is 11.3 Å². The van der Waals surface area contributed by atoms with E-state index in [1.54, 1.807) is 31.4 Å². The van der Waals surface area contributed by atoms with Crippen molar-refractivity contribution < 1.29 is 13.9 Å². The van der Waals surface area contributed by atoms with Crippen molar-refractivity contribution in [1.82, 2.24) is 10.2 Å². The SMILES string of the molecule is COc1ccc(Cc2nnc(NC(=O)c3ccc(C#N)cc3)o2)cc1. The summed E-state index contributed by atoms with van der Waals surface area (Å²) in [6, 6.07) is 15.8. The summed E-state index contributed by atoms with van der Waals surface area (Å²) < 4.78 is 10.6. The summed E-state index contributed by atoms with van der Waals surface area (Å²) in [6.45, 7) is 0. The van der Waals surface area contributed by atoms with Gasteiger partial charge in [-0.2, -0.15) is 5.26 Å². The summed E-state index contributed by atoms with van der Waals surface area (Å²) >= 11 is 0. The van der Waals surface area contributed by atoms with Gasteiger partial charge in [0, 0.05) is 5.56 Å². The number of carbonyl (C=O) groups is 1. The zero-order chi connectivity index (χ0) is 17.6. The number of anilines is 1. The molecule has 0 saturated heterocycles. The van der Waals surface area contributed by atoms with Crippen LogP contribution in [0.4, 0.5) is 6.01 Å². The second-order valence-electron chi connectivity index (χ2n) is 5.17. The summed E-state index contributed by atoms with van der Waals surface area (Å²) in [5.41, 5.74) is 1.86. The fourth-order valence-electron chi connectivity index (χ4n) is 2.16. The zero-order valence-electron chi connectivity index (χ0n) is 13.4. The van der Waals surface area contributed by atoms with Crippen LogP contribution in [0.25, 0.3) is 0 Å². The van der Waals surface area contributed by atoms with Gasteiger partial charge in [0.05, 0.1) is 25.2 Å². The van der Waals surface area contributed by atoms with Crippen LogP contribution in [0.3, 0.4) is 0 Å². The molecule has 1 heterocycles. The Morgan fingerprint density at radius 2 is 1.88 bits per heavy atom. The first-order chi connectivity index (χ1) is 12.2. The van der Waals surface area contributed by atoms with E-state index in [1.807, 2.05) is 30.3 Å². The molecule has 0 unspecified atom stereocenters. The Bertz CT molecular complexity index is 909. The number of nitrogens with zero attached hydrogens (tertiary/aromatic N) is 3. The maximum atomic E-state index is 12.1. The summed E-state index contributed by atoms with van der Waals surface area (Å²) in [6.07, 6.45) is 0.448. The third kappa shape index (κ3) is 4.00. The molecule has 1 aromatic heterocycles. The third-order valence-corrected chi connectivity index (χ3v) is 3.48. The van der Waals surface area contributed by atoms with Crippen molar-refractivity contribution >= 4 is 11.9 Å². The van der Waals surface area contributed by atoms with Gasteiger partial charge in [0.25, 0.3) is 5.91 Å². The molecule has 2 aromatic carbocycles. The van der Waals surface area contributed by atoms with E-state index in [4.69, 9.17) is 14.4 Å². The van der Waals surface area contributed by atoms with Gasteiger partial charge in [-0.3, -0.25) is 10.1 Å². The maximum Gasteiger partial charge on any atom is 0.322 e. The Hall–Kier alpha value is -3.66. The Morgan fingerprint density at radius 3 is 2.52 bits per heavy atom. The van der Waals surface area contributed by atoms with Crippen LogP contribution in [0.2, 0.25) is 0 Å². The number of hydrogen-bond donors (Lipinski definition) is 1. The Labute approximate surface area is 143 Å². The summed E-state index contributed by atoms with van der Waals surface area (Å²) in [5, 5.41) is 19.0. The number of rotatable bonds is 5. The Balaban J connectivity index is 1.64. The molecule has 3 rings (SSSR count). The molecule has 1 N–H and O–H groups in total. The molecule has 124 valence electrons. The summed E-state index contributed by atoms with van der Waals surface area (Å²) in [4.78, 5) is 12.1. The van der Waals surface area contributed by atoms with Crippen LogP contribution in [0.5, 0.6) is 5.75 Å². The van der Waals surface area contributed by atoms with Gasteiger partial charge >= 0.3 is 6.01 Å². The fourth-order valence-corrected chi connectivity index (χ4v) is 2.16. The van der Waals surface area contributed by atoms with E-state index >= 15 is 0 Å². The van der Waals surface area contributed by atoms with Crippen molar-refractivity contribution in [1.29, 1.82) is 5.26 Å². The molecular weight excluding hydrogens is 320 g/mol. The summed E-state index contributed by atoms with van der Waals surface area (Å²) in [5.74, 6) is 0.772. The van der Waals surface area contributed by atoms with Crippen LogP contribution in [0.1, 0.15) is 27.4 Å². The first kappa shape index (κ1) is 16.2. The molecule has 0 saturated carbocycles. The van der Waals surface area contributed by atoms with E-state index in [9.17, 15) is 4.79 Å². The van der Waals surface area contributed by atoms with Gasteiger partial charge in [0.1, 0.15) is 5.75 Å². The minimum Gasteiger partial charge on any atom is -0.497 e. The zero-order valence-corrected chi connectivity index (χ0v) is 13.4. The topological polar surface area (TPSA) is 101 Å².